The normalized spacial score (nSPS) is 10.2. The average Bonchev–Trinajstić information content (AvgIpc) is 2.76. The molecule has 6 heteroatoms. The second-order valence-corrected chi connectivity index (χ2v) is 4.51. The van der Waals surface area contributed by atoms with Gasteiger partial charge in [0, 0.05) is 20.1 Å². The minimum atomic E-state index is -0.922. The summed E-state index contributed by atoms with van der Waals surface area (Å²) in [5.41, 5.74) is 0.717. The molecule has 94 valence electrons. The second kappa shape index (κ2) is 6.36. The molecule has 0 atom stereocenters. The fraction of sp³-hybridized carbons (Fsp3) is 0.455. The molecule has 1 aromatic heterocycles. The molecule has 1 heterocycles. The number of likely N-dealkylation sites (N-methyl/N-ethyl adjacent to an activating group) is 1. The Morgan fingerprint density at radius 2 is 2.24 bits per heavy atom. The van der Waals surface area contributed by atoms with Crippen LogP contribution >= 0.6 is 11.3 Å². The Hall–Kier alpha value is -1.40. The minimum absolute atomic E-state index is 0.000366. The van der Waals surface area contributed by atoms with Crippen molar-refractivity contribution in [3.05, 3.63) is 21.9 Å². The van der Waals surface area contributed by atoms with Gasteiger partial charge in [-0.05, 0) is 23.9 Å². The number of nitrogens with one attached hydrogen (secondary N) is 1. The van der Waals surface area contributed by atoms with E-state index in [-0.39, 0.29) is 12.5 Å². The summed E-state index contributed by atoms with van der Waals surface area (Å²) in [6, 6.07) is 1.76. The number of thiophene rings is 1. The van der Waals surface area contributed by atoms with Crippen molar-refractivity contribution in [2.75, 3.05) is 20.1 Å². The first-order chi connectivity index (χ1) is 8.06. The molecule has 5 nitrogen and oxygen atoms in total. The van der Waals surface area contributed by atoms with Crippen molar-refractivity contribution in [1.29, 1.82) is 0 Å². The van der Waals surface area contributed by atoms with Crippen molar-refractivity contribution in [2.24, 2.45) is 0 Å². The molecule has 1 rings (SSSR count). The van der Waals surface area contributed by atoms with E-state index < -0.39 is 5.97 Å². The van der Waals surface area contributed by atoms with Crippen LogP contribution in [0.5, 0.6) is 0 Å². The number of carboxylic acids is 1. The number of carbonyl (C=O) groups is 2. The largest absolute Gasteiger partial charge is 0.477 e. The van der Waals surface area contributed by atoms with E-state index in [4.69, 9.17) is 5.11 Å². The Morgan fingerprint density at radius 3 is 2.82 bits per heavy atom. The lowest BCUT2D eigenvalue weighted by molar-refractivity contribution is -0.128. The molecular formula is C11H16N2O3S. The van der Waals surface area contributed by atoms with Crippen LogP contribution in [0.25, 0.3) is 0 Å². The Balaban J connectivity index is 2.43. The standard InChI is InChI=1S/C11H16N2O3S/c1-3-13(2)9(14)7-12-6-8-4-5-17-10(8)11(15)16/h4-5,12H,3,6-7H2,1-2H3,(H,15,16). The molecule has 0 saturated carbocycles. The van der Waals surface area contributed by atoms with Crippen molar-refractivity contribution >= 4 is 23.2 Å². The van der Waals surface area contributed by atoms with Crippen molar-refractivity contribution in [3.63, 3.8) is 0 Å². The summed E-state index contributed by atoms with van der Waals surface area (Å²) in [6.07, 6.45) is 0. The van der Waals surface area contributed by atoms with E-state index in [1.54, 1.807) is 23.4 Å². The van der Waals surface area contributed by atoms with Gasteiger partial charge in [-0.3, -0.25) is 4.79 Å². The van der Waals surface area contributed by atoms with Crippen LogP contribution in [0, 0.1) is 0 Å². The van der Waals surface area contributed by atoms with Gasteiger partial charge in [0.1, 0.15) is 4.88 Å². The number of carbonyl (C=O) groups excluding carboxylic acids is 1. The van der Waals surface area contributed by atoms with Gasteiger partial charge >= 0.3 is 5.97 Å². The van der Waals surface area contributed by atoms with Gasteiger partial charge in [0.05, 0.1) is 6.54 Å². The van der Waals surface area contributed by atoms with Gasteiger partial charge < -0.3 is 15.3 Å². The third kappa shape index (κ3) is 3.83. The predicted molar refractivity (Wildman–Crippen MR) is 66.3 cm³/mol. The predicted octanol–water partition coefficient (Wildman–Crippen LogP) is 1.01. The molecular weight excluding hydrogens is 240 g/mol. The highest BCUT2D eigenvalue weighted by atomic mass is 32.1. The third-order valence-corrected chi connectivity index (χ3v) is 3.38. The molecule has 0 aliphatic heterocycles. The molecule has 0 fully saturated rings. The lowest BCUT2D eigenvalue weighted by Crippen LogP contribution is -2.35. The summed E-state index contributed by atoms with van der Waals surface area (Å²) in [5, 5.41) is 13.6. The van der Waals surface area contributed by atoms with E-state index in [0.717, 1.165) is 5.56 Å². The molecule has 0 radical (unpaired) electrons. The molecule has 1 amide bonds. The highest BCUT2D eigenvalue weighted by Crippen LogP contribution is 2.16. The SMILES string of the molecule is CCN(C)C(=O)CNCc1ccsc1C(=O)O. The average molecular weight is 256 g/mol. The Kier molecular flexibility index (Phi) is 5.11. The molecule has 0 saturated heterocycles. The smallest absolute Gasteiger partial charge is 0.346 e. The number of amides is 1. The van der Waals surface area contributed by atoms with Gasteiger partial charge in [0.25, 0.3) is 0 Å². The van der Waals surface area contributed by atoms with Crippen LogP contribution in [0.2, 0.25) is 0 Å². The molecule has 17 heavy (non-hydrogen) atoms. The first kappa shape index (κ1) is 13.7. The summed E-state index contributed by atoms with van der Waals surface area (Å²) >= 11 is 1.19. The van der Waals surface area contributed by atoms with E-state index in [9.17, 15) is 9.59 Å². The molecule has 0 aliphatic rings. The van der Waals surface area contributed by atoms with Crippen molar-refractivity contribution < 1.29 is 14.7 Å². The maximum atomic E-state index is 11.5. The van der Waals surface area contributed by atoms with Crippen molar-refractivity contribution in [2.45, 2.75) is 13.5 Å². The first-order valence-corrected chi connectivity index (χ1v) is 6.18. The van der Waals surface area contributed by atoms with Gasteiger partial charge in [-0.2, -0.15) is 0 Å². The molecule has 1 aromatic rings. The zero-order chi connectivity index (χ0) is 12.8. The zero-order valence-electron chi connectivity index (χ0n) is 9.90. The first-order valence-electron chi connectivity index (χ1n) is 5.30. The van der Waals surface area contributed by atoms with Crippen LogP contribution in [-0.2, 0) is 11.3 Å². The third-order valence-electron chi connectivity index (χ3n) is 2.43. The molecule has 2 N–H and O–H groups in total. The number of nitrogens with zero attached hydrogens (tertiary/aromatic N) is 1. The van der Waals surface area contributed by atoms with Crippen LogP contribution in [0.4, 0.5) is 0 Å². The quantitative estimate of drug-likeness (QED) is 0.797. The molecule has 0 spiro atoms. The summed E-state index contributed by atoms with van der Waals surface area (Å²) in [6.45, 7) is 3.19. The summed E-state index contributed by atoms with van der Waals surface area (Å²) in [4.78, 5) is 24.3. The van der Waals surface area contributed by atoms with Crippen molar-refractivity contribution in [1.82, 2.24) is 10.2 Å². The number of hydrogen-bond acceptors (Lipinski definition) is 4. The van der Waals surface area contributed by atoms with Gasteiger partial charge in [-0.25, -0.2) is 4.79 Å². The minimum Gasteiger partial charge on any atom is -0.477 e. The number of aromatic carboxylic acids is 1. The molecule has 0 aromatic carbocycles. The molecule has 0 bridgehead atoms. The van der Waals surface area contributed by atoms with E-state index in [1.807, 2.05) is 6.92 Å². The number of rotatable bonds is 6. The van der Waals surface area contributed by atoms with E-state index >= 15 is 0 Å². The summed E-state index contributed by atoms with van der Waals surface area (Å²) < 4.78 is 0. The fourth-order valence-corrected chi connectivity index (χ4v) is 2.04. The van der Waals surface area contributed by atoms with Crippen LogP contribution in [0.15, 0.2) is 11.4 Å². The van der Waals surface area contributed by atoms with Gasteiger partial charge in [0.15, 0.2) is 0 Å². The van der Waals surface area contributed by atoms with Gasteiger partial charge in [-0.1, -0.05) is 0 Å². The zero-order valence-corrected chi connectivity index (χ0v) is 10.7. The highest BCUT2D eigenvalue weighted by Gasteiger charge is 2.12. The van der Waals surface area contributed by atoms with E-state index in [1.165, 1.54) is 11.3 Å². The number of carboxylic acid groups (broad SMARTS) is 1. The van der Waals surface area contributed by atoms with Crippen LogP contribution < -0.4 is 5.32 Å². The van der Waals surface area contributed by atoms with Gasteiger partial charge in [-0.15, -0.1) is 11.3 Å². The molecule has 0 aliphatic carbocycles. The monoisotopic (exact) mass is 256 g/mol. The van der Waals surface area contributed by atoms with Crippen LogP contribution in [-0.4, -0.2) is 42.0 Å². The van der Waals surface area contributed by atoms with Crippen LogP contribution in [0.3, 0.4) is 0 Å². The lowest BCUT2D eigenvalue weighted by atomic mass is 10.2. The van der Waals surface area contributed by atoms with Crippen molar-refractivity contribution in [3.8, 4) is 0 Å². The second-order valence-electron chi connectivity index (χ2n) is 3.59. The van der Waals surface area contributed by atoms with Crippen LogP contribution in [0.1, 0.15) is 22.2 Å². The Morgan fingerprint density at radius 1 is 1.53 bits per heavy atom. The Labute approximate surface area is 104 Å². The molecule has 0 unspecified atom stereocenters. The maximum absolute atomic E-state index is 11.5. The maximum Gasteiger partial charge on any atom is 0.346 e. The van der Waals surface area contributed by atoms with E-state index in [0.29, 0.717) is 18.0 Å². The topological polar surface area (TPSA) is 69.6 Å². The highest BCUT2D eigenvalue weighted by molar-refractivity contribution is 7.12. The lowest BCUT2D eigenvalue weighted by Gasteiger charge is -2.14. The fourth-order valence-electron chi connectivity index (χ4n) is 1.28. The Bertz CT molecular complexity index is 403. The van der Waals surface area contributed by atoms with E-state index in [2.05, 4.69) is 5.32 Å². The summed E-state index contributed by atoms with van der Waals surface area (Å²) in [7, 11) is 1.73. The van der Waals surface area contributed by atoms with Gasteiger partial charge in [0.2, 0.25) is 5.91 Å². The number of hydrogen-bond donors (Lipinski definition) is 2. The summed E-state index contributed by atoms with van der Waals surface area (Å²) in [5.74, 6) is -0.923.